The number of likely N-dealkylation sites (N-methyl/N-ethyl adjacent to an activating group) is 1. The van der Waals surface area contributed by atoms with Gasteiger partial charge >= 0.3 is 0 Å². The minimum atomic E-state index is 0.0581. The highest BCUT2D eigenvalue weighted by Crippen LogP contribution is 2.05. The molecule has 0 radical (unpaired) electrons. The second-order valence-electron chi connectivity index (χ2n) is 4.83. The molecule has 1 amide bonds. The molecule has 1 atom stereocenters. The van der Waals surface area contributed by atoms with Crippen molar-refractivity contribution in [2.75, 3.05) is 45.9 Å². The first kappa shape index (κ1) is 15.1. The second-order valence-corrected chi connectivity index (χ2v) is 4.83. The smallest absolute Gasteiger partial charge is 0.237 e. The highest BCUT2D eigenvalue weighted by Gasteiger charge is 2.22. The number of hydrogen-bond donors (Lipinski definition) is 1. The summed E-state index contributed by atoms with van der Waals surface area (Å²) in [6, 6.07) is 0. The molecule has 1 rings (SSSR count). The van der Waals surface area contributed by atoms with Crippen LogP contribution in [0.15, 0.2) is 12.2 Å². The summed E-state index contributed by atoms with van der Waals surface area (Å²) in [6.07, 6.45) is 0.0581. The largest absolute Gasteiger partial charge is 0.374 e. The van der Waals surface area contributed by atoms with E-state index in [1.165, 1.54) is 0 Å². The predicted molar refractivity (Wildman–Crippen MR) is 72.3 cm³/mol. The van der Waals surface area contributed by atoms with Gasteiger partial charge in [-0.2, -0.15) is 0 Å². The quantitative estimate of drug-likeness (QED) is 0.682. The van der Waals surface area contributed by atoms with Gasteiger partial charge in [-0.3, -0.25) is 9.69 Å². The number of carbonyl (C=O) groups excluding carboxylic acids is 1. The molecule has 1 saturated heterocycles. The summed E-state index contributed by atoms with van der Waals surface area (Å²) in [6.45, 7) is 12.3. The van der Waals surface area contributed by atoms with Crippen LogP contribution in [0.5, 0.6) is 0 Å². The maximum absolute atomic E-state index is 12.1. The van der Waals surface area contributed by atoms with E-state index in [1.54, 1.807) is 0 Å². The van der Waals surface area contributed by atoms with Crippen LogP contribution in [-0.4, -0.2) is 67.7 Å². The van der Waals surface area contributed by atoms with E-state index in [1.807, 2.05) is 18.7 Å². The summed E-state index contributed by atoms with van der Waals surface area (Å²) in [7, 11) is 0. The van der Waals surface area contributed by atoms with Crippen molar-refractivity contribution in [3.8, 4) is 0 Å². The molecule has 0 aliphatic carbocycles. The lowest BCUT2D eigenvalue weighted by molar-refractivity contribution is -0.133. The van der Waals surface area contributed by atoms with Crippen LogP contribution in [0.25, 0.3) is 0 Å². The van der Waals surface area contributed by atoms with Crippen molar-refractivity contribution in [1.29, 1.82) is 0 Å². The van der Waals surface area contributed by atoms with E-state index in [0.717, 1.165) is 25.2 Å². The van der Waals surface area contributed by atoms with Gasteiger partial charge in [0.2, 0.25) is 5.91 Å². The number of morpholine rings is 1. The fourth-order valence-electron chi connectivity index (χ4n) is 2.06. The highest BCUT2D eigenvalue weighted by molar-refractivity contribution is 5.78. The summed E-state index contributed by atoms with van der Waals surface area (Å²) < 4.78 is 5.48. The van der Waals surface area contributed by atoms with E-state index in [0.29, 0.717) is 26.2 Å². The van der Waals surface area contributed by atoms with Gasteiger partial charge in [-0.25, -0.2) is 0 Å². The Morgan fingerprint density at radius 1 is 1.61 bits per heavy atom. The molecule has 0 aromatic rings. The molecular weight excluding hydrogens is 230 g/mol. The fourth-order valence-corrected chi connectivity index (χ4v) is 2.06. The Hall–Kier alpha value is -0.910. The zero-order chi connectivity index (χ0) is 13.5. The molecule has 1 heterocycles. The number of carbonyl (C=O) groups is 1. The van der Waals surface area contributed by atoms with Crippen LogP contribution in [-0.2, 0) is 9.53 Å². The topological polar surface area (TPSA) is 58.8 Å². The summed E-state index contributed by atoms with van der Waals surface area (Å²) in [5, 5.41) is 0. The average Bonchev–Trinajstić information content (AvgIpc) is 2.35. The highest BCUT2D eigenvalue weighted by atomic mass is 16.5. The number of amides is 1. The van der Waals surface area contributed by atoms with E-state index < -0.39 is 0 Å². The van der Waals surface area contributed by atoms with Gasteiger partial charge in [-0.05, 0) is 13.8 Å². The van der Waals surface area contributed by atoms with Crippen molar-refractivity contribution in [2.24, 2.45) is 5.73 Å². The van der Waals surface area contributed by atoms with Gasteiger partial charge in [0.25, 0.3) is 0 Å². The minimum Gasteiger partial charge on any atom is -0.374 e. The van der Waals surface area contributed by atoms with Gasteiger partial charge in [0.05, 0.1) is 19.3 Å². The number of ether oxygens (including phenoxy) is 1. The maximum Gasteiger partial charge on any atom is 0.237 e. The molecule has 5 heteroatoms. The molecule has 1 fully saturated rings. The van der Waals surface area contributed by atoms with E-state index in [2.05, 4.69) is 11.5 Å². The number of rotatable bonds is 6. The lowest BCUT2D eigenvalue weighted by Gasteiger charge is -2.33. The molecule has 5 nitrogen and oxygen atoms in total. The third-order valence-corrected chi connectivity index (χ3v) is 3.04. The minimum absolute atomic E-state index is 0.0581. The third kappa shape index (κ3) is 4.76. The first-order chi connectivity index (χ1) is 8.56. The summed E-state index contributed by atoms with van der Waals surface area (Å²) in [5.41, 5.74) is 6.60. The molecule has 0 aromatic carbocycles. The Balaban J connectivity index is 2.44. The monoisotopic (exact) mass is 255 g/mol. The predicted octanol–water partition coefficient (Wildman–Crippen LogP) is 0.0705. The Morgan fingerprint density at radius 2 is 2.33 bits per heavy atom. The molecule has 1 aliphatic rings. The van der Waals surface area contributed by atoms with Crippen LogP contribution in [0.1, 0.15) is 13.8 Å². The third-order valence-electron chi connectivity index (χ3n) is 3.04. The number of nitrogens with two attached hydrogens (primary N) is 1. The van der Waals surface area contributed by atoms with Crippen molar-refractivity contribution in [1.82, 2.24) is 9.80 Å². The second kappa shape index (κ2) is 7.51. The van der Waals surface area contributed by atoms with E-state index >= 15 is 0 Å². The zero-order valence-corrected chi connectivity index (χ0v) is 11.5. The van der Waals surface area contributed by atoms with Crippen LogP contribution < -0.4 is 5.73 Å². The van der Waals surface area contributed by atoms with Crippen molar-refractivity contribution >= 4 is 5.91 Å². The first-order valence-corrected chi connectivity index (χ1v) is 6.53. The molecule has 0 spiro atoms. The Kier molecular flexibility index (Phi) is 6.32. The Labute approximate surface area is 110 Å². The summed E-state index contributed by atoms with van der Waals surface area (Å²) in [5.74, 6) is 0.151. The van der Waals surface area contributed by atoms with E-state index in [4.69, 9.17) is 10.5 Å². The van der Waals surface area contributed by atoms with Gasteiger partial charge in [0.1, 0.15) is 0 Å². The molecule has 104 valence electrons. The molecule has 0 aromatic heterocycles. The van der Waals surface area contributed by atoms with Crippen LogP contribution in [0.2, 0.25) is 0 Å². The first-order valence-electron chi connectivity index (χ1n) is 6.53. The van der Waals surface area contributed by atoms with Gasteiger partial charge < -0.3 is 15.4 Å². The molecule has 1 aliphatic heterocycles. The van der Waals surface area contributed by atoms with Gasteiger partial charge in [0, 0.05) is 32.7 Å². The molecule has 0 bridgehead atoms. The molecule has 18 heavy (non-hydrogen) atoms. The standard InChI is InChI=1S/C13H25N3O2/c1-4-16(8-11(2)3)13(17)10-15-5-6-18-12(7-14)9-15/h12H,2,4-10,14H2,1,3H3. The van der Waals surface area contributed by atoms with E-state index in [9.17, 15) is 4.79 Å². The average molecular weight is 255 g/mol. The van der Waals surface area contributed by atoms with Crippen molar-refractivity contribution in [3.05, 3.63) is 12.2 Å². The normalized spacial score (nSPS) is 20.7. The fraction of sp³-hybridized carbons (Fsp3) is 0.769. The zero-order valence-electron chi connectivity index (χ0n) is 11.5. The van der Waals surface area contributed by atoms with Crippen LogP contribution in [0.4, 0.5) is 0 Å². The van der Waals surface area contributed by atoms with E-state index in [-0.39, 0.29) is 12.0 Å². The summed E-state index contributed by atoms with van der Waals surface area (Å²) >= 11 is 0. The Morgan fingerprint density at radius 3 is 2.89 bits per heavy atom. The number of hydrogen-bond acceptors (Lipinski definition) is 4. The molecule has 1 unspecified atom stereocenters. The van der Waals surface area contributed by atoms with Crippen LogP contribution in [0.3, 0.4) is 0 Å². The van der Waals surface area contributed by atoms with Gasteiger partial charge in [0.15, 0.2) is 0 Å². The van der Waals surface area contributed by atoms with Gasteiger partial charge in [-0.1, -0.05) is 12.2 Å². The lowest BCUT2D eigenvalue weighted by Crippen LogP contribution is -2.49. The summed E-state index contributed by atoms with van der Waals surface area (Å²) in [4.78, 5) is 16.1. The van der Waals surface area contributed by atoms with Crippen LogP contribution in [0, 0.1) is 0 Å². The molecule has 2 N–H and O–H groups in total. The van der Waals surface area contributed by atoms with Crippen LogP contribution >= 0.6 is 0 Å². The van der Waals surface area contributed by atoms with Crippen molar-refractivity contribution in [2.45, 2.75) is 20.0 Å². The number of nitrogens with zero attached hydrogens (tertiary/aromatic N) is 2. The SMILES string of the molecule is C=C(C)CN(CC)C(=O)CN1CCOC(CN)C1. The van der Waals surface area contributed by atoms with Crippen molar-refractivity contribution < 1.29 is 9.53 Å². The lowest BCUT2D eigenvalue weighted by atomic mass is 10.2. The molecular formula is C13H25N3O2. The molecule has 0 saturated carbocycles. The Bertz CT molecular complexity index is 294. The maximum atomic E-state index is 12.1. The van der Waals surface area contributed by atoms with Gasteiger partial charge in [-0.15, -0.1) is 0 Å². The van der Waals surface area contributed by atoms with Crippen molar-refractivity contribution in [3.63, 3.8) is 0 Å².